The molecule has 0 bridgehead atoms. The van der Waals surface area contributed by atoms with Crippen LogP contribution in [0.4, 0.5) is 0 Å². The number of hydrogen-bond donors (Lipinski definition) is 2. The molecule has 1 aromatic rings. The van der Waals surface area contributed by atoms with E-state index >= 15 is 0 Å². The first-order chi connectivity index (χ1) is 10.2. The number of aliphatic imine (C=N–C) groups is 1. The summed E-state index contributed by atoms with van der Waals surface area (Å²) in [5, 5.41) is 15.3. The van der Waals surface area contributed by atoms with E-state index in [4.69, 9.17) is 4.99 Å². The summed E-state index contributed by atoms with van der Waals surface area (Å²) in [4.78, 5) is 4.70. The molecule has 0 unspecified atom stereocenters. The number of nitrogens with zero attached hydrogens (tertiary/aromatic N) is 4. The molecule has 2 fully saturated rings. The van der Waals surface area contributed by atoms with Crippen LogP contribution in [-0.2, 0) is 13.6 Å². The molecule has 2 N–H and O–H groups in total. The Morgan fingerprint density at radius 3 is 2.55 bits per heavy atom. The largest absolute Gasteiger partial charge is 0.356 e. The van der Waals surface area contributed by atoms with Crippen LogP contribution in [0.1, 0.15) is 50.2 Å². The van der Waals surface area contributed by atoms with Gasteiger partial charge in [0.25, 0.3) is 0 Å². The van der Waals surface area contributed by atoms with E-state index in [1.807, 2.05) is 18.5 Å². The minimum Gasteiger partial charge on any atom is -0.356 e. The van der Waals surface area contributed by atoms with Crippen LogP contribution in [0.15, 0.2) is 4.99 Å². The maximum Gasteiger partial charge on any atom is 0.191 e. The molecular weight excluding hydrogens is 391 g/mol. The molecule has 0 atom stereocenters. The molecule has 0 saturated heterocycles. The molecule has 2 aliphatic carbocycles. The lowest BCUT2D eigenvalue weighted by atomic mass is 10.2. The number of halogens is 1. The van der Waals surface area contributed by atoms with Gasteiger partial charge in [-0.25, -0.2) is 4.99 Å². The van der Waals surface area contributed by atoms with Crippen LogP contribution in [-0.4, -0.2) is 33.3 Å². The van der Waals surface area contributed by atoms with Crippen LogP contribution in [0.25, 0.3) is 0 Å². The van der Waals surface area contributed by atoms with Gasteiger partial charge in [0, 0.05) is 19.6 Å². The van der Waals surface area contributed by atoms with Gasteiger partial charge in [0.15, 0.2) is 11.8 Å². The third kappa shape index (κ3) is 4.82. The fraction of sp³-hybridized carbons (Fsp3) is 0.800. The fourth-order valence-corrected chi connectivity index (χ4v) is 2.72. The fourth-order valence-electron chi connectivity index (χ4n) is 2.72. The van der Waals surface area contributed by atoms with Crippen molar-refractivity contribution in [2.75, 3.05) is 6.54 Å². The number of aromatic nitrogens is 3. The van der Waals surface area contributed by atoms with E-state index < -0.39 is 0 Å². The van der Waals surface area contributed by atoms with E-state index in [2.05, 4.69) is 20.8 Å². The molecule has 6 nitrogen and oxygen atoms in total. The minimum atomic E-state index is 0. The Morgan fingerprint density at radius 2 is 1.95 bits per heavy atom. The van der Waals surface area contributed by atoms with Gasteiger partial charge < -0.3 is 15.2 Å². The van der Waals surface area contributed by atoms with E-state index in [0.29, 0.717) is 12.6 Å². The third-order valence-corrected chi connectivity index (χ3v) is 4.51. The number of hydrogen-bond acceptors (Lipinski definition) is 3. The van der Waals surface area contributed by atoms with Crippen molar-refractivity contribution in [1.82, 2.24) is 25.4 Å². The van der Waals surface area contributed by atoms with E-state index in [-0.39, 0.29) is 24.0 Å². The Bertz CT molecular complexity index is 502. The van der Waals surface area contributed by atoms with Gasteiger partial charge in [-0.15, -0.1) is 34.2 Å². The molecule has 1 aromatic heterocycles. The summed E-state index contributed by atoms with van der Waals surface area (Å²) in [5.41, 5.74) is 0. The monoisotopic (exact) mass is 418 g/mol. The molecule has 3 rings (SSSR count). The zero-order valence-electron chi connectivity index (χ0n) is 13.5. The molecule has 124 valence electrons. The van der Waals surface area contributed by atoms with Crippen LogP contribution < -0.4 is 10.6 Å². The Hall–Kier alpha value is -0.860. The first kappa shape index (κ1) is 17.5. The zero-order valence-corrected chi connectivity index (χ0v) is 15.8. The Kier molecular flexibility index (Phi) is 6.46. The van der Waals surface area contributed by atoms with E-state index in [9.17, 15) is 0 Å². The van der Waals surface area contributed by atoms with E-state index in [1.54, 1.807) is 0 Å². The first-order valence-corrected chi connectivity index (χ1v) is 8.12. The summed E-state index contributed by atoms with van der Waals surface area (Å²) in [7, 11) is 1.99. The summed E-state index contributed by atoms with van der Waals surface area (Å²) in [6.45, 7) is 3.57. The van der Waals surface area contributed by atoms with Crippen molar-refractivity contribution >= 4 is 29.9 Å². The number of nitrogens with one attached hydrogen (secondary N) is 2. The third-order valence-electron chi connectivity index (χ3n) is 4.51. The number of guanidine groups is 1. The first-order valence-electron chi connectivity index (χ1n) is 8.12. The molecule has 0 aliphatic heterocycles. The van der Waals surface area contributed by atoms with Gasteiger partial charge in [-0.3, -0.25) is 0 Å². The van der Waals surface area contributed by atoms with Gasteiger partial charge in [0.05, 0.1) is 0 Å². The maximum atomic E-state index is 4.70. The Morgan fingerprint density at radius 1 is 1.23 bits per heavy atom. The van der Waals surface area contributed by atoms with E-state index in [0.717, 1.165) is 30.1 Å². The summed E-state index contributed by atoms with van der Waals surface area (Å²) in [6, 6.07) is 0.580. The highest BCUT2D eigenvalue weighted by Gasteiger charge is 2.22. The maximum absolute atomic E-state index is 4.70. The quantitative estimate of drug-likeness (QED) is 0.437. The smallest absolute Gasteiger partial charge is 0.191 e. The standard InChI is InChI=1S/C15H26N6.HI/c1-11-19-20-14(21(11)2)10-17-15(16-9-12-7-8-12)18-13-5-3-4-6-13;/h12-13H,3-10H2,1-2H3,(H2,16,17,18);1H. The highest BCUT2D eigenvalue weighted by Crippen LogP contribution is 2.27. The van der Waals surface area contributed by atoms with Crippen LogP contribution in [0, 0.1) is 12.8 Å². The summed E-state index contributed by atoms with van der Waals surface area (Å²) < 4.78 is 2.00. The molecular formula is C15H27IN6. The molecule has 1 heterocycles. The predicted molar refractivity (Wildman–Crippen MR) is 98.4 cm³/mol. The second-order valence-electron chi connectivity index (χ2n) is 6.34. The van der Waals surface area contributed by atoms with Crippen molar-refractivity contribution in [3.05, 3.63) is 11.6 Å². The van der Waals surface area contributed by atoms with Crippen LogP contribution in [0.3, 0.4) is 0 Å². The van der Waals surface area contributed by atoms with Crippen molar-refractivity contribution in [3.8, 4) is 0 Å². The summed E-state index contributed by atoms with van der Waals surface area (Å²) in [5.74, 6) is 3.62. The lowest BCUT2D eigenvalue weighted by Gasteiger charge is -2.17. The van der Waals surface area contributed by atoms with Crippen molar-refractivity contribution in [1.29, 1.82) is 0 Å². The molecule has 0 spiro atoms. The van der Waals surface area contributed by atoms with Crippen LogP contribution in [0.2, 0.25) is 0 Å². The normalized spacial score (nSPS) is 19.1. The van der Waals surface area contributed by atoms with Crippen LogP contribution in [0.5, 0.6) is 0 Å². The summed E-state index contributed by atoms with van der Waals surface area (Å²) in [6.07, 6.45) is 7.88. The Labute approximate surface area is 149 Å². The predicted octanol–water partition coefficient (Wildman–Crippen LogP) is 2.13. The molecule has 0 radical (unpaired) electrons. The average molecular weight is 418 g/mol. The molecule has 2 aliphatic rings. The molecule has 0 amide bonds. The van der Waals surface area contributed by atoms with Crippen molar-refractivity contribution < 1.29 is 0 Å². The van der Waals surface area contributed by atoms with Gasteiger partial charge in [-0.05, 0) is 38.5 Å². The number of aryl methyl sites for hydroxylation is 1. The highest BCUT2D eigenvalue weighted by molar-refractivity contribution is 14.0. The molecule has 7 heteroatoms. The van der Waals surface area contributed by atoms with Crippen LogP contribution >= 0.6 is 24.0 Å². The van der Waals surface area contributed by atoms with Gasteiger partial charge in [0.2, 0.25) is 0 Å². The molecule has 22 heavy (non-hydrogen) atoms. The topological polar surface area (TPSA) is 67.1 Å². The second kappa shape index (κ2) is 8.12. The SMILES string of the molecule is Cc1nnc(CN=C(NCC2CC2)NC2CCCC2)n1C.I. The lowest BCUT2D eigenvalue weighted by molar-refractivity contribution is 0.605. The zero-order chi connectivity index (χ0) is 14.7. The van der Waals surface area contributed by atoms with E-state index in [1.165, 1.54) is 38.5 Å². The van der Waals surface area contributed by atoms with Crippen molar-refractivity contribution in [3.63, 3.8) is 0 Å². The van der Waals surface area contributed by atoms with Gasteiger partial charge in [-0.1, -0.05) is 12.8 Å². The Balaban J connectivity index is 0.00000176. The molecule has 0 aromatic carbocycles. The molecule has 2 saturated carbocycles. The average Bonchev–Trinajstić information content (AvgIpc) is 3.08. The number of rotatable bonds is 5. The second-order valence-corrected chi connectivity index (χ2v) is 6.34. The van der Waals surface area contributed by atoms with Gasteiger partial charge >= 0.3 is 0 Å². The van der Waals surface area contributed by atoms with Gasteiger partial charge in [0.1, 0.15) is 12.4 Å². The van der Waals surface area contributed by atoms with Crippen molar-refractivity contribution in [2.24, 2.45) is 18.0 Å². The highest BCUT2D eigenvalue weighted by atomic mass is 127. The van der Waals surface area contributed by atoms with Gasteiger partial charge in [-0.2, -0.15) is 0 Å². The van der Waals surface area contributed by atoms with Crippen molar-refractivity contribution in [2.45, 2.75) is 58.0 Å². The lowest BCUT2D eigenvalue weighted by Crippen LogP contribution is -2.43. The summed E-state index contributed by atoms with van der Waals surface area (Å²) >= 11 is 0. The minimum absolute atomic E-state index is 0.